The van der Waals surface area contributed by atoms with E-state index >= 15 is 0 Å². The summed E-state index contributed by atoms with van der Waals surface area (Å²) in [6.45, 7) is 0. The second-order valence-electron chi connectivity index (χ2n) is 4.35. The Hall–Kier alpha value is -0.930. The van der Waals surface area contributed by atoms with Crippen molar-refractivity contribution in [1.82, 2.24) is 0 Å². The topological polar surface area (TPSA) is 29.5 Å². The molecule has 106 valence electrons. The van der Waals surface area contributed by atoms with E-state index < -0.39 is 6.10 Å². The van der Waals surface area contributed by atoms with E-state index in [1.807, 2.05) is 6.07 Å². The van der Waals surface area contributed by atoms with Crippen molar-refractivity contribution in [1.29, 1.82) is 0 Å². The Balaban J connectivity index is 2.23. The molecular weight excluding hydrogens is 319 g/mol. The van der Waals surface area contributed by atoms with Gasteiger partial charge in [-0.05, 0) is 29.8 Å². The molecule has 0 aliphatic carbocycles. The highest BCUT2D eigenvalue weighted by Gasteiger charge is 2.15. The SMILES string of the molecule is COc1cc(Cl)ccc1C(O)Cc1ccc(Cl)c(Cl)c1. The Kier molecular flexibility index (Phi) is 5.17. The molecule has 0 bridgehead atoms. The van der Waals surface area contributed by atoms with Crippen LogP contribution in [-0.4, -0.2) is 12.2 Å². The maximum absolute atomic E-state index is 10.3. The lowest BCUT2D eigenvalue weighted by molar-refractivity contribution is 0.174. The highest BCUT2D eigenvalue weighted by atomic mass is 35.5. The Bertz CT molecular complexity index is 614. The van der Waals surface area contributed by atoms with E-state index in [-0.39, 0.29) is 0 Å². The Morgan fingerprint density at radius 1 is 1.05 bits per heavy atom. The number of methoxy groups -OCH3 is 1. The van der Waals surface area contributed by atoms with Gasteiger partial charge in [0.25, 0.3) is 0 Å². The zero-order valence-electron chi connectivity index (χ0n) is 10.7. The summed E-state index contributed by atoms with van der Waals surface area (Å²) >= 11 is 17.7. The molecule has 0 aliphatic rings. The van der Waals surface area contributed by atoms with Crippen molar-refractivity contribution < 1.29 is 9.84 Å². The van der Waals surface area contributed by atoms with Gasteiger partial charge in [0.15, 0.2) is 0 Å². The molecular formula is C15H13Cl3O2. The number of ether oxygens (including phenoxy) is 1. The second kappa shape index (κ2) is 6.68. The van der Waals surface area contributed by atoms with Crippen LogP contribution in [0.4, 0.5) is 0 Å². The Morgan fingerprint density at radius 2 is 1.80 bits per heavy atom. The normalized spacial score (nSPS) is 12.2. The number of hydrogen-bond donors (Lipinski definition) is 1. The minimum atomic E-state index is -0.709. The standard InChI is InChI=1S/C15H13Cl3O2/c1-20-15-8-10(16)3-4-11(15)14(19)7-9-2-5-12(17)13(18)6-9/h2-6,8,14,19H,7H2,1H3. The molecule has 2 aromatic carbocycles. The van der Waals surface area contributed by atoms with Crippen LogP contribution >= 0.6 is 34.8 Å². The molecule has 0 saturated carbocycles. The van der Waals surface area contributed by atoms with Crippen LogP contribution in [-0.2, 0) is 6.42 Å². The number of aliphatic hydroxyl groups excluding tert-OH is 1. The maximum Gasteiger partial charge on any atom is 0.126 e. The summed E-state index contributed by atoms with van der Waals surface area (Å²) in [7, 11) is 1.54. The summed E-state index contributed by atoms with van der Waals surface area (Å²) in [4.78, 5) is 0. The van der Waals surface area contributed by atoms with Crippen molar-refractivity contribution in [2.45, 2.75) is 12.5 Å². The van der Waals surface area contributed by atoms with Crippen LogP contribution in [0.25, 0.3) is 0 Å². The summed E-state index contributed by atoms with van der Waals surface area (Å²) in [6.07, 6.45) is -0.297. The minimum Gasteiger partial charge on any atom is -0.496 e. The average molecular weight is 332 g/mol. The molecule has 2 rings (SSSR count). The van der Waals surface area contributed by atoms with Crippen LogP contribution in [0.5, 0.6) is 5.75 Å². The molecule has 0 saturated heterocycles. The Labute approximate surface area is 132 Å². The number of halogens is 3. The van der Waals surface area contributed by atoms with Crippen LogP contribution in [0.2, 0.25) is 15.1 Å². The van der Waals surface area contributed by atoms with Crippen molar-refractivity contribution >= 4 is 34.8 Å². The first kappa shape index (κ1) is 15.5. The molecule has 0 spiro atoms. The van der Waals surface area contributed by atoms with Crippen LogP contribution in [0.15, 0.2) is 36.4 Å². The first-order valence-electron chi connectivity index (χ1n) is 5.96. The predicted molar refractivity (Wildman–Crippen MR) is 83.1 cm³/mol. The fraction of sp³-hybridized carbons (Fsp3) is 0.200. The molecule has 0 fully saturated rings. The average Bonchev–Trinajstić information content (AvgIpc) is 2.42. The fourth-order valence-electron chi connectivity index (χ4n) is 1.96. The smallest absolute Gasteiger partial charge is 0.126 e. The van der Waals surface area contributed by atoms with Gasteiger partial charge in [-0.1, -0.05) is 46.9 Å². The molecule has 1 atom stereocenters. The van der Waals surface area contributed by atoms with Gasteiger partial charge in [0.1, 0.15) is 5.75 Å². The van der Waals surface area contributed by atoms with Gasteiger partial charge in [0, 0.05) is 17.0 Å². The molecule has 1 unspecified atom stereocenters. The zero-order valence-corrected chi connectivity index (χ0v) is 13.0. The lowest BCUT2D eigenvalue weighted by Gasteiger charge is -2.15. The van der Waals surface area contributed by atoms with Gasteiger partial charge < -0.3 is 9.84 Å². The van der Waals surface area contributed by atoms with E-state index in [4.69, 9.17) is 39.5 Å². The van der Waals surface area contributed by atoms with Crippen LogP contribution in [0, 0.1) is 0 Å². The van der Waals surface area contributed by atoms with Crippen LogP contribution in [0.1, 0.15) is 17.2 Å². The summed E-state index contributed by atoms with van der Waals surface area (Å²) in [5.74, 6) is 0.560. The number of hydrogen-bond acceptors (Lipinski definition) is 2. The molecule has 5 heteroatoms. The molecule has 0 heterocycles. The van der Waals surface area contributed by atoms with E-state index in [9.17, 15) is 5.11 Å². The molecule has 20 heavy (non-hydrogen) atoms. The van der Waals surface area contributed by atoms with E-state index in [1.165, 1.54) is 0 Å². The molecule has 2 aromatic rings. The van der Waals surface area contributed by atoms with Crippen molar-refractivity contribution in [2.75, 3.05) is 7.11 Å². The zero-order chi connectivity index (χ0) is 14.7. The van der Waals surface area contributed by atoms with Crippen LogP contribution in [0.3, 0.4) is 0 Å². The van der Waals surface area contributed by atoms with Gasteiger partial charge in [-0.3, -0.25) is 0 Å². The van der Waals surface area contributed by atoms with Gasteiger partial charge in [0.2, 0.25) is 0 Å². The van der Waals surface area contributed by atoms with Crippen molar-refractivity contribution in [3.05, 3.63) is 62.6 Å². The van der Waals surface area contributed by atoms with Gasteiger partial charge in [-0.25, -0.2) is 0 Å². The quantitative estimate of drug-likeness (QED) is 0.860. The lowest BCUT2D eigenvalue weighted by Crippen LogP contribution is -2.04. The van der Waals surface area contributed by atoms with E-state index in [0.29, 0.717) is 32.8 Å². The second-order valence-corrected chi connectivity index (χ2v) is 5.61. The van der Waals surface area contributed by atoms with E-state index in [1.54, 1.807) is 37.4 Å². The first-order chi connectivity index (χ1) is 9.51. The minimum absolute atomic E-state index is 0.412. The highest BCUT2D eigenvalue weighted by molar-refractivity contribution is 6.42. The van der Waals surface area contributed by atoms with E-state index in [2.05, 4.69) is 0 Å². The molecule has 0 aliphatic heterocycles. The maximum atomic E-state index is 10.3. The summed E-state index contributed by atoms with van der Waals surface area (Å²) in [6, 6.07) is 10.4. The van der Waals surface area contributed by atoms with Gasteiger partial charge in [-0.2, -0.15) is 0 Å². The molecule has 1 N–H and O–H groups in total. The van der Waals surface area contributed by atoms with Crippen molar-refractivity contribution in [3.8, 4) is 5.75 Å². The number of rotatable bonds is 4. The summed E-state index contributed by atoms with van der Waals surface area (Å²) < 4.78 is 5.24. The van der Waals surface area contributed by atoms with Crippen molar-refractivity contribution in [3.63, 3.8) is 0 Å². The third-order valence-electron chi connectivity index (χ3n) is 2.97. The van der Waals surface area contributed by atoms with Crippen molar-refractivity contribution in [2.24, 2.45) is 0 Å². The molecule has 0 aromatic heterocycles. The highest BCUT2D eigenvalue weighted by Crippen LogP contribution is 2.31. The third-order valence-corrected chi connectivity index (χ3v) is 3.94. The van der Waals surface area contributed by atoms with Gasteiger partial charge >= 0.3 is 0 Å². The third kappa shape index (κ3) is 3.58. The number of aliphatic hydroxyl groups is 1. The van der Waals surface area contributed by atoms with Gasteiger partial charge in [0.05, 0.1) is 23.3 Å². The summed E-state index contributed by atoms with van der Waals surface area (Å²) in [5, 5.41) is 11.9. The largest absolute Gasteiger partial charge is 0.496 e. The molecule has 0 radical (unpaired) electrons. The lowest BCUT2D eigenvalue weighted by atomic mass is 10.0. The summed E-state index contributed by atoms with van der Waals surface area (Å²) in [5.41, 5.74) is 1.58. The van der Waals surface area contributed by atoms with Gasteiger partial charge in [-0.15, -0.1) is 0 Å². The number of benzene rings is 2. The first-order valence-corrected chi connectivity index (χ1v) is 7.10. The predicted octanol–water partition coefficient (Wildman–Crippen LogP) is 4.93. The molecule has 2 nitrogen and oxygen atoms in total. The Morgan fingerprint density at radius 3 is 2.45 bits per heavy atom. The molecule has 0 amide bonds. The fourth-order valence-corrected chi connectivity index (χ4v) is 2.44. The monoisotopic (exact) mass is 330 g/mol. The van der Waals surface area contributed by atoms with Crippen LogP contribution < -0.4 is 4.74 Å². The van der Waals surface area contributed by atoms with E-state index in [0.717, 1.165) is 5.56 Å².